The number of nitrogens with one attached hydrogen (secondary N) is 1. The molecule has 0 saturated carbocycles. The summed E-state index contributed by atoms with van der Waals surface area (Å²) in [5, 5.41) is 7.63. The maximum Gasteiger partial charge on any atom is 0.294 e. The van der Waals surface area contributed by atoms with E-state index in [9.17, 15) is 8.42 Å². The first-order valence-electron chi connectivity index (χ1n) is 5.35. The van der Waals surface area contributed by atoms with Gasteiger partial charge in [0, 0.05) is 0 Å². The Morgan fingerprint density at radius 1 is 0.947 bits per heavy atom. The van der Waals surface area contributed by atoms with Crippen molar-refractivity contribution in [3.8, 4) is 0 Å². The van der Waals surface area contributed by atoms with Crippen molar-refractivity contribution in [3.05, 3.63) is 54.6 Å². The quantitative estimate of drug-likeness (QED) is 0.510. The van der Waals surface area contributed by atoms with Crippen molar-refractivity contribution in [1.82, 2.24) is 0 Å². The van der Waals surface area contributed by atoms with Crippen LogP contribution >= 0.6 is 0 Å². The zero-order valence-corrected chi connectivity index (χ0v) is 10.6. The smallest absolute Gasteiger partial charge is 0.282 e. The molecule has 2 aromatic carbocycles. The van der Waals surface area contributed by atoms with E-state index in [1.165, 1.54) is 24.3 Å². The van der Waals surface area contributed by atoms with Crippen molar-refractivity contribution in [3.63, 3.8) is 0 Å². The summed E-state index contributed by atoms with van der Waals surface area (Å²) in [6, 6.07) is 14.7. The summed E-state index contributed by atoms with van der Waals surface area (Å²) in [7, 11) is -4.17. The van der Waals surface area contributed by atoms with Gasteiger partial charge in [-0.1, -0.05) is 23.4 Å². The van der Waals surface area contributed by atoms with Crippen LogP contribution in [0.4, 0.5) is 11.4 Å². The summed E-state index contributed by atoms with van der Waals surface area (Å²) >= 11 is 0. The molecule has 7 heteroatoms. The first-order valence-corrected chi connectivity index (χ1v) is 6.79. The molecule has 0 bridgehead atoms. The van der Waals surface area contributed by atoms with Gasteiger partial charge < -0.3 is 0 Å². The molecule has 0 aromatic heterocycles. The summed E-state index contributed by atoms with van der Waals surface area (Å²) in [6.45, 7) is 0. The van der Waals surface area contributed by atoms with Gasteiger partial charge in [0.1, 0.15) is 0 Å². The zero-order chi connectivity index (χ0) is 13.7. The Labute approximate surface area is 110 Å². The molecule has 0 fully saturated rings. The molecule has 0 atom stereocenters. The van der Waals surface area contributed by atoms with E-state index in [2.05, 4.69) is 15.8 Å². The highest BCUT2D eigenvalue weighted by atomic mass is 32.2. The molecule has 0 unspecified atom stereocenters. The average molecular weight is 277 g/mol. The lowest BCUT2D eigenvalue weighted by molar-refractivity contribution is 0.483. The Balaban J connectivity index is 2.04. The second-order valence-electron chi connectivity index (χ2n) is 3.65. The van der Waals surface area contributed by atoms with Gasteiger partial charge >= 0.3 is 0 Å². The number of hydrogen-bond acceptors (Lipinski definition) is 4. The molecule has 2 N–H and O–H groups in total. The van der Waals surface area contributed by atoms with E-state index >= 15 is 0 Å². The standard InChI is InChI=1S/C12H11N3O3S/c16-19(17,18)12-8-6-11(7-9-12)14-15-13-10-4-2-1-3-5-10/h1-9H,(H,13,14)(H,16,17,18). The molecule has 2 rings (SSSR count). The fourth-order valence-corrected chi connectivity index (χ4v) is 1.82. The molecule has 0 aliphatic rings. The second-order valence-corrected chi connectivity index (χ2v) is 5.07. The lowest BCUT2D eigenvalue weighted by Crippen LogP contribution is -1.96. The molecular formula is C12H11N3O3S. The van der Waals surface area contributed by atoms with Gasteiger partial charge in [-0.2, -0.15) is 8.42 Å². The van der Waals surface area contributed by atoms with Crippen molar-refractivity contribution >= 4 is 21.5 Å². The fraction of sp³-hybridized carbons (Fsp3) is 0. The van der Waals surface area contributed by atoms with Gasteiger partial charge in [0.05, 0.1) is 16.3 Å². The second kappa shape index (κ2) is 5.59. The van der Waals surface area contributed by atoms with Gasteiger partial charge in [-0.05, 0) is 36.4 Å². The predicted octanol–water partition coefficient (Wildman–Crippen LogP) is 3.04. The van der Waals surface area contributed by atoms with Crippen LogP contribution in [0.5, 0.6) is 0 Å². The van der Waals surface area contributed by atoms with Crippen LogP contribution in [0.2, 0.25) is 0 Å². The Bertz CT molecular complexity index is 667. The van der Waals surface area contributed by atoms with Crippen LogP contribution in [0.25, 0.3) is 0 Å². The van der Waals surface area contributed by atoms with Crippen molar-refractivity contribution in [2.75, 3.05) is 5.43 Å². The molecule has 6 nitrogen and oxygen atoms in total. The summed E-state index contributed by atoms with van der Waals surface area (Å²) in [5.74, 6) is 0. The molecule has 0 spiro atoms. The number of anilines is 1. The van der Waals surface area contributed by atoms with Crippen molar-refractivity contribution < 1.29 is 13.0 Å². The van der Waals surface area contributed by atoms with Gasteiger partial charge in [-0.15, -0.1) is 5.11 Å². The molecule has 98 valence electrons. The predicted molar refractivity (Wildman–Crippen MR) is 70.8 cm³/mol. The number of hydrogen-bond donors (Lipinski definition) is 2. The summed E-state index contributed by atoms with van der Waals surface area (Å²) in [5.41, 5.74) is 3.99. The molecule has 0 aliphatic heterocycles. The Morgan fingerprint density at radius 2 is 1.58 bits per heavy atom. The van der Waals surface area contributed by atoms with E-state index < -0.39 is 10.1 Å². The number of benzene rings is 2. The average Bonchev–Trinajstić information content (AvgIpc) is 2.39. The zero-order valence-electron chi connectivity index (χ0n) is 9.76. The van der Waals surface area contributed by atoms with Crippen LogP contribution < -0.4 is 5.43 Å². The SMILES string of the molecule is O=S(=O)(O)c1ccc(N=NNc2ccccc2)cc1. The largest absolute Gasteiger partial charge is 0.294 e. The van der Waals surface area contributed by atoms with Crippen LogP contribution in [0, 0.1) is 0 Å². The topological polar surface area (TPSA) is 91.1 Å². The van der Waals surface area contributed by atoms with Crippen LogP contribution in [0.1, 0.15) is 0 Å². The molecular weight excluding hydrogens is 266 g/mol. The van der Waals surface area contributed by atoms with Crippen LogP contribution in [0.3, 0.4) is 0 Å². The van der Waals surface area contributed by atoms with E-state index in [4.69, 9.17) is 4.55 Å². The van der Waals surface area contributed by atoms with E-state index in [1.54, 1.807) is 0 Å². The third-order valence-electron chi connectivity index (χ3n) is 2.25. The van der Waals surface area contributed by atoms with E-state index in [0.29, 0.717) is 5.69 Å². The highest BCUT2D eigenvalue weighted by Crippen LogP contribution is 2.16. The van der Waals surface area contributed by atoms with Crippen molar-refractivity contribution in [1.29, 1.82) is 0 Å². The van der Waals surface area contributed by atoms with Crippen molar-refractivity contribution in [2.24, 2.45) is 10.3 Å². The Morgan fingerprint density at radius 3 is 2.16 bits per heavy atom. The highest BCUT2D eigenvalue weighted by Gasteiger charge is 2.07. The Kier molecular flexibility index (Phi) is 3.88. The third-order valence-corrected chi connectivity index (χ3v) is 3.12. The van der Waals surface area contributed by atoms with Crippen LogP contribution in [-0.2, 0) is 10.1 Å². The molecule has 2 aromatic rings. The van der Waals surface area contributed by atoms with Gasteiger partial charge in [-0.3, -0.25) is 9.98 Å². The Hall–Kier alpha value is -2.25. The van der Waals surface area contributed by atoms with E-state index in [1.807, 2.05) is 30.3 Å². The molecule has 0 radical (unpaired) electrons. The van der Waals surface area contributed by atoms with Gasteiger partial charge in [0.2, 0.25) is 0 Å². The number of nitrogens with zero attached hydrogens (tertiary/aromatic N) is 2. The van der Waals surface area contributed by atoms with Crippen LogP contribution in [-0.4, -0.2) is 13.0 Å². The lowest BCUT2D eigenvalue weighted by Gasteiger charge is -1.98. The van der Waals surface area contributed by atoms with Crippen molar-refractivity contribution in [2.45, 2.75) is 4.90 Å². The van der Waals surface area contributed by atoms with E-state index in [-0.39, 0.29) is 4.90 Å². The molecule has 19 heavy (non-hydrogen) atoms. The minimum absolute atomic E-state index is 0.178. The summed E-state index contributed by atoms with van der Waals surface area (Å²) in [4.78, 5) is -0.178. The monoisotopic (exact) mass is 277 g/mol. The maximum atomic E-state index is 10.8. The summed E-state index contributed by atoms with van der Waals surface area (Å²) < 4.78 is 30.5. The minimum Gasteiger partial charge on any atom is -0.282 e. The fourth-order valence-electron chi connectivity index (χ4n) is 1.34. The van der Waals surface area contributed by atoms with Gasteiger partial charge in [0.25, 0.3) is 10.1 Å². The molecule has 0 aliphatic carbocycles. The first kappa shape index (κ1) is 13.2. The summed E-state index contributed by atoms with van der Waals surface area (Å²) in [6.07, 6.45) is 0. The molecule has 0 amide bonds. The minimum atomic E-state index is -4.17. The highest BCUT2D eigenvalue weighted by molar-refractivity contribution is 7.85. The number of para-hydroxylation sites is 1. The number of rotatable bonds is 4. The molecule has 0 heterocycles. The first-order chi connectivity index (χ1) is 9.05. The van der Waals surface area contributed by atoms with Gasteiger partial charge in [0.15, 0.2) is 0 Å². The lowest BCUT2D eigenvalue weighted by atomic mass is 10.3. The maximum absolute atomic E-state index is 10.8. The third kappa shape index (κ3) is 3.87. The normalized spacial score (nSPS) is 11.6. The molecule has 0 saturated heterocycles. The van der Waals surface area contributed by atoms with Crippen LogP contribution in [0.15, 0.2) is 69.8 Å². The van der Waals surface area contributed by atoms with Gasteiger partial charge in [-0.25, -0.2) is 0 Å². The van der Waals surface area contributed by atoms with E-state index in [0.717, 1.165) is 5.69 Å².